The smallest absolute Gasteiger partial charge is 0.356 e. The van der Waals surface area contributed by atoms with Crippen molar-refractivity contribution in [2.45, 2.75) is 32.0 Å². The highest BCUT2D eigenvalue weighted by molar-refractivity contribution is 5.95. The van der Waals surface area contributed by atoms with Crippen molar-refractivity contribution in [3.8, 4) is 5.69 Å². The normalized spacial score (nSPS) is 15.2. The first-order chi connectivity index (χ1) is 14.8. The summed E-state index contributed by atoms with van der Waals surface area (Å²) >= 11 is 0. The fourth-order valence-corrected chi connectivity index (χ4v) is 3.65. The molecule has 0 spiro atoms. The highest BCUT2D eigenvalue weighted by Crippen LogP contribution is 2.29. The van der Waals surface area contributed by atoms with Gasteiger partial charge in [-0.15, -0.1) is 0 Å². The Hall–Kier alpha value is -3.43. The van der Waals surface area contributed by atoms with Gasteiger partial charge in [-0.05, 0) is 31.9 Å². The van der Waals surface area contributed by atoms with Crippen LogP contribution in [0.25, 0.3) is 5.69 Å². The second kappa shape index (κ2) is 8.37. The Balaban J connectivity index is 1.38. The summed E-state index contributed by atoms with van der Waals surface area (Å²) in [6, 6.07) is 10.4. The summed E-state index contributed by atoms with van der Waals surface area (Å²) in [7, 11) is 0. The Morgan fingerprint density at radius 2 is 1.84 bits per heavy atom. The summed E-state index contributed by atoms with van der Waals surface area (Å²) in [5.74, 6) is 0.0339. The molecule has 1 saturated heterocycles. The number of hydrogen-bond donors (Lipinski definition) is 1. The Morgan fingerprint density at radius 1 is 1.13 bits per heavy atom. The molecule has 162 valence electrons. The van der Waals surface area contributed by atoms with Crippen LogP contribution >= 0.6 is 0 Å². The van der Waals surface area contributed by atoms with Crippen LogP contribution in [0, 0.1) is 6.92 Å². The van der Waals surface area contributed by atoms with E-state index in [1.807, 2.05) is 37.3 Å². The zero-order valence-corrected chi connectivity index (χ0v) is 16.8. The van der Waals surface area contributed by atoms with Gasteiger partial charge in [0.1, 0.15) is 17.8 Å². The summed E-state index contributed by atoms with van der Waals surface area (Å²) in [5.41, 5.74) is 1.15. The van der Waals surface area contributed by atoms with Crippen LogP contribution in [0.4, 0.5) is 19.0 Å². The second-order valence-corrected chi connectivity index (χ2v) is 7.38. The van der Waals surface area contributed by atoms with Gasteiger partial charge < -0.3 is 10.2 Å². The van der Waals surface area contributed by atoms with Crippen molar-refractivity contribution < 1.29 is 18.0 Å². The first-order valence-corrected chi connectivity index (χ1v) is 9.88. The van der Waals surface area contributed by atoms with Crippen molar-refractivity contribution in [1.29, 1.82) is 0 Å². The number of halogens is 3. The lowest BCUT2D eigenvalue weighted by Gasteiger charge is -2.33. The van der Waals surface area contributed by atoms with E-state index in [1.165, 1.54) is 0 Å². The second-order valence-electron chi connectivity index (χ2n) is 7.38. The third-order valence-corrected chi connectivity index (χ3v) is 5.35. The molecular formula is C21H21F3N6O. The molecule has 4 rings (SSSR count). The number of hydrogen-bond acceptors (Lipinski definition) is 5. The molecule has 1 aromatic carbocycles. The summed E-state index contributed by atoms with van der Waals surface area (Å²) in [4.78, 5) is 21.8. The van der Waals surface area contributed by atoms with Crippen LogP contribution in [0.3, 0.4) is 0 Å². The Morgan fingerprint density at radius 3 is 2.52 bits per heavy atom. The number of piperidine rings is 1. The third-order valence-electron chi connectivity index (χ3n) is 5.35. The molecule has 7 nitrogen and oxygen atoms in total. The first-order valence-electron chi connectivity index (χ1n) is 9.88. The number of rotatable bonds is 4. The number of aromatic nitrogens is 4. The molecule has 0 saturated carbocycles. The first kappa shape index (κ1) is 20.8. The van der Waals surface area contributed by atoms with Gasteiger partial charge >= 0.3 is 6.18 Å². The van der Waals surface area contributed by atoms with E-state index >= 15 is 0 Å². The minimum atomic E-state index is -4.51. The molecule has 31 heavy (non-hydrogen) atoms. The number of nitrogens with one attached hydrogen (secondary N) is 1. The number of benzene rings is 1. The zero-order valence-electron chi connectivity index (χ0n) is 16.8. The van der Waals surface area contributed by atoms with Crippen molar-refractivity contribution in [3.63, 3.8) is 0 Å². The maximum Gasteiger partial charge on any atom is 0.433 e. The number of para-hydroxylation sites is 1. The number of nitrogens with zero attached hydrogens (tertiary/aromatic N) is 5. The lowest BCUT2D eigenvalue weighted by atomic mass is 10.0. The third kappa shape index (κ3) is 4.52. The zero-order chi connectivity index (χ0) is 22.0. The minimum Gasteiger partial charge on any atom is -0.356 e. The Labute approximate surface area is 176 Å². The SMILES string of the molecule is Cc1c(C(=O)NC2CCN(c3cc(C(F)(F)F)ncn3)CC2)cnn1-c1ccccc1. The summed E-state index contributed by atoms with van der Waals surface area (Å²) < 4.78 is 40.4. The van der Waals surface area contributed by atoms with Gasteiger partial charge in [-0.2, -0.15) is 18.3 Å². The van der Waals surface area contributed by atoms with E-state index in [-0.39, 0.29) is 17.8 Å². The van der Waals surface area contributed by atoms with Gasteiger partial charge in [0, 0.05) is 25.2 Å². The van der Waals surface area contributed by atoms with Crippen LogP contribution in [-0.4, -0.2) is 44.8 Å². The van der Waals surface area contributed by atoms with E-state index < -0.39 is 11.9 Å². The monoisotopic (exact) mass is 430 g/mol. The number of carbonyl (C=O) groups excluding carboxylic acids is 1. The van der Waals surface area contributed by atoms with Gasteiger partial charge in [0.05, 0.1) is 23.1 Å². The van der Waals surface area contributed by atoms with Crippen molar-refractivity contribution in [3.05, 3.63) is 65.9 Å². The molecule has 0 atom stereocenters. The summed E-state index contributed by atoms with van der Waals surface area (Å²) in [5, 5.41) is 7.34. The van der Waals surface area contributed by atoms with Crippen LogP contribution in [0.2, 0.25) is 0 Å². The van der Waals surface area contributed by atoms with E-state index in [0.29, 0.717) is 31.5 Å². The molecule has 3 heterocycles. The van der Waals surface area contributed by atoms with Crippen LogP contribution < -0.4 is 10.2 Å². The molecule has 1 fully saturated rings. The summed E-state index contributed by atoms with van der Waals surface area (Å²) in [6.45, 7) is 2.81. The van der Waals surface area contributed by atoms with Gasteiger partial charge in [-0.25, -0.2) is 14.6 Å². The average Bonchev–Trinajstić information content (AvgIpc) is 3.16. The molecule has 0 aliphatic carbocycles. The Kier molecular flexibility index (Phi) is 5.62. The number of amides is 1. The molecular weight excluding hydrogens is 409 g/mol. The lowest BCUT2D eigenvalue weighted by molar-refractivity contribution is -0.141. The molecule has 2 aromatic heterocycles. The molecule has 1 N–H and O–H groups in total. The van der Waals surface area contributed by atoms with Crippen LogP contribution in [-0.2, 0) is 6.18 Å². The standard InChI is InChI=1S/C21H21F3N6O/c1-14-17(12-27-30(14)16-5-3-2-4-6-16)20(31)28-15-7-9-29(10-8-15)19-11-18(21(22,23)24)25-13-26-19/h2-6,11-13,15H,7-10H2,1H3,(H,28,31). The van der Waals surface area contributed by atoms with E-state index in [2.05, 4.69) is 20.4 Å². The number of carbonyl (C=O) groups is 1. The largest absolute Gasteiger partial charge is 0.433 e. The van der Waals surface area contributed by atoms with Gasteiger partial charge in [-0.3, -0.25) is 4.79 Å². The molecule has 1 aliphatic heterocycles. The molecule has 0 unspecified atom stereocenters. The van der Waals surface area contributed by atoms with E-state index in [9.17, 15) is 18.0 Å². The van der Waals surface area contributed by atoms with Gasteiger partial charge in [0.2, 0.25) is 0 Å². The van der Waals surface area contributed by atoms with Gasteiger partial charge in [0.15, 0.2) is 0 Å². The fourth-order valence-electron chi connectivity index (χ4n) is 3.65. The molecule has 0 radical (unpaired) electrons. The van der Waals surface area contributed by atoms with Crippen molar-refractivity contribution in [1.82, 2.24) is 25.1 Å². The topological polar surface area (TPSA) is 75.9 Å². The number of anilines is 1. The maximum atomic E-state index is 12.9. The average molecular weight is 430 g/mol. The summed E-state index contributed by atoms with van der Waals surface area (Å²) in [6.07, 6.45) is -0.830. The fraction of sp³-hybridized carbons (Fsp3) is 0.333. The molecule has 1 amide bonds. The van der Waals surface area contributed by atoms with Crippen molar-refractivity contribution >= 4 is 11.7 Å². The molecule has 3 aromatic rings. The molecule has 1 aliphatic rings. The van der Waals surface area contributed by atoms with Gasteiger partial charge in [-0.1, -0.05) is 18.2 Å². The predicted molar refractivity (Wildman–Crippen MR) is 108 cm³/mol. The van der Waals surface area contributed by atoms with E-state index in [1.54, 1.807) is 15.8 Å². The van der Waals surface area contributed by atoms with E-state index in [0.717, 1.165) is 23.8 Å². The quantitative estimate of drug-likeness (QED) is 0.687. The van der Waals surface area contributed by atoms with Crippen LogP contribution in [0.15, 0.2) is 48.9 Å². The number of alkyl halides is 3. The highest BCUT2D eigenvalue weighted by Gasteiger charge is 2.33. The minimum absolute atomic E-state index is 0.0767. The Bertz CT molecular complexity index is 1060. The van der Waals surface area contributed by atoms with Gasteiger partial charge in [0.25, 0.3) is 5.91 Å². The predicted octanol–water partition coefficient (Wildman–Crippen LogP) is 3.39. The van der Waals surface area contributed by atoms with E-state index in [4.69, 9.17) is 0 Å². The molecule has 10 heteroatoms. The highest BCUT2D eigenvalue weighted by atomic mass is 19.4. The van der Waals surface area contributed by atoms with Crippen molar-refractivity contribution in [2.75, 3.05) is 18.0 Å². The lowest BCUT2D eigenvalue weighted by Crippen LogP contribution is -2.45. The maximum absolute atomic E-state index is 12.9. The van der Waals surface area contributed by atoms with Crippen molar-refractivity contribution in [2.24, 2.45) is 0 Å². The van der Waals surface area contributed by atoms with Crippen LogP contribution in [0.1, 0.15) is 34.6 Å². The molecule has 0 bridgehead atoms. The van der Waals surface area contributed by atoms with Crippen LogP contribution in [0.5, 0.6) is 0 Å².